The molecular formula is C15H20N2O. The quantitative estimate of drug-likeness (QED) is 0.859. The molecule has 96 valence electrons. The van der Waals surface area contributed by atoms with Crippen LogP contribution >= 0.6 is 0 Å². The zero-order chi connectivity index (χ0) is 12.9. The summed E-state index contributed by atoms with van der Waals surface area (Å²) in [7, 11) is 0. The highest BCUT2D eigenvalue weighted by molar-refractivity contribution is 6.05. The van der Waals surface area contributed by atoms with Gasteiger partial charge in [-0.1, -0.05) is 25.0 Å². The van der Waals surface area contributed by atoms with Gasteiger partial charge >= 0.3 is 0 Å². The first-order valence-corrected chi connectivity index (χ1v) is 6.70. The highest BCUT2D eigenvalue weighted by atomic mass is 16.2. The first-order chi connectivity index (χ1) is 8.48. The molecule has 18 heavy (non-hydrogen) atoms. The molecule has 1 heterocycles. The Kier molecular flexibility index (Phi) is 2.49. The molecule has 3 rings (SSSR count). The summed E-state index contributed by atoms with van der Waals surface area (Å²) in [6.07, 6.45) is 3.72. The lowest BCUT2D eigenvalue weighted by Crippen LogP contribution is -2.27. The zero-order valence-corrected chi connectivity index (χ0v) is 11.0. The van der Waals surface area contributed by atoms with Crippen molar-refractivity contribution in [2.24, 2.45) is 11.7 Å². The highest BCUT2D eigenvalue weighted by Gasteiger charge is 2.38. The van der Waals surface area contributed by atoms with E-state index in [1.807, 2.05) is 26.0 Å². The van der Waals surface area contributed by atoms with Gasteiger partial charge in [-0.2, -0.15) is 0 Å². The second kappa shape index (κ2) is 3.82. The minimum atomic E-state index is -0.440. The standard InChI is InChI=1S/C15H20N2O/c1-15(2)11-8-10(12(16)7-9-3-4-9)5-6-13(11)17-14(15)18/h5-6,8-9,12H,3-4,7,16H2,1-2H3,(H,17,18). The molecule has 0 spiro atoms. The number of anilines is 1. The van der Waals surface area contributed by atoms with Gasteiger partial charge in [0.1, 0.15) is 0 Å². The number of benzene rings is 1. The molecule has 0 saturated heterocycles. The Hall–Kier alpha value is -1.35. The molecule has 3 heteroatoms. The van der Waals surface area contributed by atoms with E-state index in [1.54, 1.807) is 0 Å². The Morgan fingerprint density at radius 1 is 1.44 bits per heavy atom. The number of carbonyl (C=O) groups excluding carboxylic acids is 1. The van der Waals surface area contributed by atoms with Gasteiger partial charge in [0.25, 0.3) is 0 Å². The predicted molar refractivity (Wildman–Crippen MR) is 72.4 cm³/mol. The number of hydrogen-bond donors (Lipinski definition) is 2. The van der Waals surface area contributed by atoms with Crippen molar-refractivity contribution >= 4 is 11.6 Å². The number of nitrogens with two attached hydrogens (primary N) is 1. The third-order valence-corrected chi connectivity index (χ3v) is 4.25. The van der Waals surface area contributed by atoms with E-state index in [0.717, 1.165) is 29.2 Å². The van der Waals surface area contributed by atoms with Gasteiger partial charge in [-0.15, -0.1) is 0 Å². The summed E-state index contributed by atoms with van der Waals surface area (Å²) >= 11 is 0. The number of fused-ring (bicyclic) bond motifs is 1. The lowest BCUT2D eigenvalue weighted by atomic mass is 9.84. The van der Waals surface area contributed by atoms with E-state index in [2.05, 4.69) is 11.4 Å². The minimum absolute atomic E-state index is 0.0745. The topological polar surface area (TPSA) is 55.1 Å². The van der Waals surface area contributed by atoms with Crippen LogP contribution in [0, 0.1) is 5.92 Å². The van der Waals surface area contributed by atoms with Gasteiger partial charge in [0.2, 0.25) is 5.91 Å². The number of carbonyl (C=O) groups is 1. The predicted octanol–water partition coefficient (Wildman–Crippen LogP) is 2.72. The highest BCUT2D eigenvalue weighted by Crippen LogP contribution is 2.41. The fraction of sp³-hybridized carbons (Fsp3) is 0.533. The van der Waals surface area contributed by atoms with Crippen LogP contribution < -0.4 is 11.1 Å². The number of amides is 1. The molecule has 0 aromatic heterocycles. The molecule has 1 aliphatic carbocycles. The maximum absolute atomic E-state index is 11.9. The SMILES string of the molecule is CC1(C)C(=O)Nc2ccc(C(N)CC3CC3)cc21. The first-order valence-electron chi connectivity index (χ1n) is 6.70. The molecule has 0 bridgehead atoms. The summed E-state index contributed by atoms with van der Waals surface area (Å²) in [5.41, 5.74) is 8.98. The van der Waals surface area contributed by atoms with E-state index in [1.165, 1.54) is 12.8 Å². The lowest BCUT2D eigenvalue weighted by Gasteiger charge is -2.18. The summed E-state index contributed by atoms with van der Waals surface area (Å²) in [4.78, 5) is 11.9. The number of hydrogen-bond acceptors (Lipinski definition) is 2. The van der Waals surface area contributed by atoms with Gasteiger partial charge < -0.3 is 11.1 Å². The molecule has 0 radical (unpaired) electrons. The smallest absolute Gasteiger partial charge is 0.234 e. The Bertz CT molecular complexity index is 503. The van der Waals surface area contributed by atoms with E-state index in [9.17, 15) is 4.79 Å². The molecule has 1 aromatic carbocycles. The Balaban J connectivity index is 1.91. The first kappa shape index (κ1) is 11.7. The monoisotopic (exact) mass is 244 g/mol. The second-order valence-corrected chi connectivity index (χ2v) is 6.17. The Labute approximate surface area is 108 Å². The van der Waals surface area contributed by atoms with Crippen LogP contribution in [0.15, 0.2) is 18.2 Å². The molecule has 3 N–H and O–H groups in total. The molecule has 1 aromatic rings. The summed E-state index contributed by atoms with van der Waals surface area (Å²) in [6, 6.07) is 6.26. The van der Waals surface area contributed by atoms with E-state index in [4.69, 9.17) is 5.73 Å². The van der Waals surface area contributed by atoms with Gasteiger partial charge in [0.05, 0.1) is 5.41 Å². The van der Waals surface area contributed by atoms with Gasteiger partial charge in [0.15, 0.2) is 0 Å². The van der Waals surface area contributed by atoms with E-state index >= 15 is 0 Å². The number of rotatable bonds is 3. The van der Waals surface area contributed by atoms with Crippen LogP contribution in [0.3, 0.4) is 0 Å². The molecule has 1 aliphatic heterocycles. The Morgan fingerprint density at radius 3 is 2.83 bits per heavy atom. The summed E-state index contributed by atoms with van der Waals surface area (Å²) in [5.74, 6) is 0.895. The molecule has 1 atom stereocenters. The molecule has 2 aliphatic rings. The van der Waals surface area contributed by atoms with Gasteiger partial charge in [-0.25, -0.2) is 0 Å². The van der Waals surface area contributed by atoms with Crippen molar-refractivity contribution in [3.05, 3.63) is 29.3 Å². The van der Waals surface area contributed by atoms with Crippen molar-refractivity contribution in [2.45, 2.75) is 44.6 Å². The molecule has 1 fully saturated rings. The van der Waals surface area contributed by atoms with Crippen molar-refractivity contribution in [3.8, 4) is 0 Å². The van der Waals surface area contributed by atoms with Crippen LogP contribution in [0.1, 0.15) is 50.3 Å². The average molecular weight is 244 g/mol. The maximum Gasteiger partial charge on any atom is 0.234 e. The fourth-order valence-electron chi connectivity index (χ4n) is 2.67. The van der Waals surface area contributed by atoms with Gasteiger partial charge in [-0.3, -0.25) is 4.79 Å². The van der Waals surface area contributed by atoms with Crippen molar-refractivity contribution in [1.82, 2.24) is 0 Å². The van der Waals surface area contributed by atoms with Crippen LogP contribution in [0.25, 0.3) is 0 Å². The van der Waals surface area contributed by atoms with Gasteiger partial charge in [0, 0.05) is 11.7 Å². The summed E-state index contributed by atoms with van der Waals surface area (Å²) in [6.45, 7) is 3.93. The van der Waals surface area contributed by atoms with E-state index in [-0.39, 0.29) is 11.9 Å². The van der Waals surface area contributed by atoms with E-state index in [0.29, 0.717) is 0 Å². The summed E-state index contributed by atoms with van der Waals surface area (Å²) in [5, 5.41) is 2.93. The number of nitrogens with one attached hydrogen (secondary N) is 1. The van der Waals surface area contributed by atoms with Crippen LogP contribution in [0.2, 0.25) is 0 Å². The van der Waals surface area contributed by atoms with Crippen molar-refractivity contribution < 1.29 is 4.79 Å². The molecule has 1 saturated carbocycles. The second-order valence-electron chi connectivity index (χ2n) is 6.17. The molecule has 3 nitrogen and oxygen atoms in total. The Morgan fingerprint density at radius 2 is 2.17 bits per heavy atom. The van der Waals surface area contributed by atoms with Crippen molar-refractivity contribution in [2.75, 3.05) is 5.32 Å². The largest absolute Gasteiger partial charge is 0.325 e. The molecule has 1 unspecified atom stereocenters. The molecular weight excluding hydrogens is 224 g/mol. The normalized spacial score (nSPS) is 22.5. The maximum atomic E-state index is 11.9. The van der Waals surface area contributed by atoms with Crippen molar-refractivity contribution in [1.29, 1.82) is 0 Å². The average Bonchev–Trinajstić information content (AvgIpc) is 3.09. The third kappa shape index (κ3) is 1.83. The van der Waals surface area contributed by atoms with Crippen LogP contribution in [-0.4, -0.2) is 5.91 Å². The van der Waals surface area contributed by atoms with E-state index < -0.39 is 5.41 Å². The van der Waals surface area contributed by atoms with Crippen LogP contribution in [-0.2, 0) is 10.2 Å². The third-order valence-electron chi connectivity index (χ3n) is 4.25. The van der Waals surface area contributed by atoms with Gasteiger partial charge in [-0.05, 0) is 43.4 Å². The zero-order valence-electron chi connectivity index (χ0n) is 11.0. The van der Waals surface area contributed by atoms with Crippen LogP contribution in [0.4, 0.5) is 5.69 Å². The van der Waals surface area contributed by atoms with Crippen LogP contribution in [0.5, 0.6) is 0 Å². The minimum Gasteiger partial charge on any atom is -0.325 e. The lowest BCUT2D eigenvalue weighted by molar-refractivity contribution is -0.119. The van der Waals surface area contributed by atoms with Crippen molar-refractivity contribution in [3.63, 3.8) is 0 Å². The summed E-state index contributed by atoms with van der Waals surface area (Å²) < 4.78 is 0. The fourth-order valence-corrected chi connectivity index (χ4v) is 2.67. The molecule has 1 amide bonds.